The number of aliphatic hydroxyl groups excluding tert-OH is 1. The molecule has 0 aliphatic carbocycles. The van der Waals surface area contributed by atoms with Gasteiger partial charge >= 0.3 is 5.97 Å². The highest BCUT2D eigenvalue weighted by Crippen LogP contribution is 2.09. The van der Waals surface area contributed by atoms with Gasteiger partial charge in [0.1, 0.15) is 36.3 Å². The van der Waals surface area contributed by atoms with Crippen molar-refractivity contribution in [2.45, 2.75) is 108 Å². The number of hydrogen-bond donors (Lipinski definition) is 15. The molecule has 0 fully saturated rings. The largest absolute Gasteiger partial charge is 0.481 e. The van der Waals surface area contributed by atoms with E-state index in [-0.39, 0.29) is 19.4 Å². The number of carboxylic acid groups (broad SMARTS) is 1. The van der Waals surface area contributed by atoms with Crippen LogP contribution in [0.1, 0.15) is 72.1 Å². The molecular weight excluding hydrogens is 786 g/mol. The van der Waals surface area contributed by atoms with Crippen LogP contribution < -0.4 is 65.9 Å². The number of rotatable bonds is 29. The molecule has 20 N–H and O–H groups in total. The molecule has 0 saturated carbocycles. The SMILES string of the molecule is CC(C)[C@H](NC(=O)[C@H](CCCNC(=N)N)NC(=O)[C@H](CCC(N)=O)NC(=O)[C@H](CC(N)=O)NC(=O)[C@H](CCC(=O)O)NC(=O)[C@@H](C)CC(N)=O)C(=O)N[C@@H](CO)C(N)=O. The zero-order valence-corrected chi connectivity index (χ0v) is 33.0. The van der Waals surface area contributed by atoms with Crippen LogP contribution >= 0.6 is 0 Å². The smallest absolute Gasteiger partial charge is 0.303 e. The molecule has 26 heteroatoms. The predicted molar refractivity (Wildman–Crippen MR) is 204 cm³/mol. The van der Waals surface area contributed by atoms with E-state index in [2.05, 4.69) is 37.2 Å². The van der Waals surface area contributed by atoms with Gasteiger partial charge in [-0.1, -0.05) is 20.8 Å². The summed E-state index contributed by atoms with van der Waals surface area (Å²) in [6.07, 6.45) is -3.58. The number of carbonyl (C=O) groups excluding carboxylic acids is 10. The molecule has 0 aromatic rings. The molecule has 0 aliphatic rings. The Labute approximate surface area is 338 Å². The van der Waals surface area contributed by atoms with Crippen molar-refractivity contribution in [3.8, 4) is 0 Å². The summed E-state index contributed by atoms with van der Waals surface area (Å²) in [5, 5.41) is 42.2. The van der Waals surface area contributed by atoms with Gasteiger partial charge in [0.25, 0.3) is 0 Å². The molecule has 7 atom stereocenters. The third kappa shape index (κ3) is 21.5. The van der Waals surface area contributed by atoms with E-state index in [0.29, 0.717) is 0 Å². The first-order chi connectivity index (χ1) is 27.4. The Morgan fingerprint density at radius 3 is 1.42 bits per heavy atom. The van der Waals surface area contributed by atoms with E-state index in [0.717, 1.165) is 0 Å². The Morgan fingerprint density at radius 1 is 0.542 bits per heavy atom. The van der Waals surface area contributed by atoms with Crippen LogP contribution in [-0.4, -0.2) is 131 Å². The Balaban J connectivity index is 6.56. The normalized spacial score (nSPS) is 14.3. The minimum absolute atomic E-state index is 0.0359. The second-order valence-corrected chi connectivity index (χ2v) is 13.8. The molecule has 0 aliphatic heterocycles. The van der Waals surface area contributed by atoms with Gasteiger partial charge in [0, 0.05) is 31.7 Å². The Morgan fingerprint density at radius 2 is 0.983 bits per heavy atom. The summed E-state index contributed by atoms with van der Waals surface area (Å²) in [6.45, 7) is 3.58. The minimum Gasteiger partial charge on any atom is -0.481 e. The van der Waals surface area contributed by atoms with Gasteiger partial charge in [-0.25, -0.2) is 0 Å². The lowest BCUT2D eigenvalue weighted by Crippen LogP contribution is -2.60. The van der Waals surface area contributed by atoms with Crippen molar-refractivity contribution >= 4 is 71.0 Å². The molecule has 59 heavy (non-hydrogen) atoms. The lowest BCUT2D eigenvalue weighted by molar-refractivity contribution is -0.139. The maximum absolute atomic E-state index is 13.7. The van der Waals surface area contributed by atoms with Crippen molar-refractivity contribution in [3.63, 3.8) is 0 Å². The van der Waals surface area contributed by atoms with Crippen LogP contribution in [0.3, 0.4) is 0 Å². The summed E-state index contributed by atoms with van der Waals surface area (Å²) in [5.74, 6) is -13.6. The highest BCUT2D eigenvalue weighted by Gasteiger charge is 2.35. The average Bonchev–Trinajstić information content (AvgIpc) is 3.12. The van der Waals surface area contributed by atoms with Crippen LogP contribution in [0.2, 0.25) is 0 Å². The van der Waals surface area contributed by atoms with Crippen molar-refractivity contribution < 1.29 is 63.0 Å². The summed E-state index contributed by atoms with van der Waals surface area (Å²) in [7, 11) is 0. The van der Waals surface area contributed by atoms with Gasteiger partial charge in [0.05, 0.1) is 13.0 Å². The van der Waals surface area contributed by atoms with Crippen LogP contribution in [0.25, 0.3) is 0 Å². The third-order valence-electron chi connectivity index (χ3n) is 8.29. The zero-order chi connectivity index (χ0) is 45.6. The summed E-state index contributed by atoms with van der Waals surface area (Å²) in [5.41, 5.74) is 26.2. The Hall–Kier alpha value is -6.60. The van der Waals surface area contributed by atoms with Gasteiger partial charge in [-0.2, -0.15) is 0 Å². The Kier molecular flexibility index (Phi) is 23.4. The van der Waals surface area contributed by atoms with E-state index >= 15 is 0 Å². The molecule has 0 aromatic heterocycles. The lowest BCUT2D eigenvalue weighted by Gasteiger charge is -2.28. The fourth-order valence-electron chi connectivity index (χ4n) is 5.08. The van der Waals surface area contributed by atoms with Gasteiger partial charge in [-0.15, -0.1) is 0 Å². The zero-order valence-electron chi connectivity index (χ0n) is 33.0. The van der Waals surface area contributed by atoms with Crippen molar-refractivity contribution in [3.05, 3.63) is 0 Å². The van der Waals surface area contributed by atoms with Gasteiger partial charge in [-0.3, -0.25) is 58.1 Å². The fraction of sp³-hybridized carbons (Fsp3) is 0.636. The second kappa shape index (κ2) is 26.3. The van der Waals surface area contributed by atoms with Gasteiger partial charge < -0.3 is 76.1 Å². The topological polar surface area (TPSA) is 466 Å². The van der Waals surface area contributed by atoms with E-state index in [4.69, 9.17) is 34.1 Å². The van der Waals surface area contributed by atoms with Crippen LogP contribution in [0, 0.1) is 17.2 Å². The highest BCUT2D eigenvalue weighted by molar-refractivity contribution is 5.98. The third-order valence-corrected chi connectivity index (χ3v) is 8.29. The molecular formula is C33H57N13O13. The second-order valence-electron chi connectivity index (χ2n) is 13.8. The quantitative estimate of drug-likeness (QED) is 0.0189. The van der Waals surface area contributed by atoms with Crippen LogP contribution in [-0.2, 0) is 52.7 Å². The molecule has 0 rings (SSSR count). The van der Waals surface area contributed by atoms with Crippen LogP contribution in [0.15, 0.2) is 0 Å². The monoisotopic (exact) mass is 843 g/mol. The number of aliphatic carboxylic acids is 1. The summed E-state index contributed by atoms with van der Waals surface area (Å²) in [4.78, 5) is 138. The van der Waals surface area contributed by atoms with Crippen molar-refractivity contribution in [2.75, 3.05) is 13.2 Å². The summed E-state index contributed by atoms with van der Waals surface area (Å²) >= 11 is 0. The fourth-order valence-corrected chi connectivity index (χ4v) is 5.08. The number of hydrogen-bond acceptors (Lipinski definition) is 13. The maximum atomic E-state index is 13.7. The first-order valence-corrected chi connectivity index (χ1v) is 18.3. The summed E-state index contributed by atoms with van der Waals surface area (Å²) in [6, 6.07) is -9.50. The molecule has 10 amide bonds. The Bertz CT molecular complexity index is 1580. The minimum atomic E-state index is -1.86. The molecule has 332 valence electrons. The van der Waals surface area contributed by atoms with E-state index in [1.807, 2.05) is 0 Å². The van der Waals surface area contributed by atoms with Crippen molar-refractivity contribution in [2.24, 2.45) is 40.5 Å². The predicted octanol–water partition coefficient (Wildman–Crippen LogP) is -7.19. The number of aliphatic hydroxyl groups is 1. The maximum Gasteiger partial charge on any atom is 0.303 e. The number of amides is 10. The highest BCUT2D eigenvalue weighted by atomic mass is 16.4. The lowest BCUT2D eigenvalue weighted by atomic mass is 10.0. The number of nitrogens with two attached hydrogens (primary N) is 5. The van der Waals surface area contributed by atoms with Crippen molar-refractivity contribution in [1.29, 1.82) is 5.41 Å². The van der Waals surface area contributed by atoms with Gasteiger partial charge in [0.2, 0.25) is 59.1 Å². The standard InChI is InChI=1S/C33H57N13O13/c1-14(2)25(32(59)45-20(13-47)26(37)53)46-30(57)16(5-4-10-40-33(38)39)42-28(55)17(6-8-21(34)48)43-31(58)19(12-23(36)50)44-29(56)18(7-9-24(51)52)41-27(54)15(3)11-22(35)49/h14-20,25,47H,4-13H2,1-3H3,(H2,34,48)(H2,35,49)(H2,36,50)(H2,37,53)(H,41,54)(H,42,55)(H,43,58)(H,44,56)(H,45,59)(H,46,57)(H,51,52)(H4,38,39,40)/t15-,16-,17-,18-,19-,20-,25-/m0/s1. The molecule has 0 aromatic carbocycles. The number of nitrogens with one attached hydrogen (secondary N) is 8. The van der Waals surface area contributed by atoms with Gasteiger partial charge in [0.15, 0.2) is 5.96 Å². The molecule has 0 saturated heterocycles. The van der Waals surface area contributed by atoms with E-state index in [1.165, 1.54) is 20.8 Å². The van der Waals surface area contributed by atoms with E-state index in [1.54, 1.807) is 0 Å². The molecule has 0 spiro atoms. The molecule has 26 nitrogen and oxygen atoms in total. The van der Waals surface area contributed by atoms with E-state index in [9.17, 15) is 63.0 Å². The number of carbonyl (C=O) groups is 11. The van der Waals surface area contributed by atoms with Gasteiger partial charge in [-0.05, 0) is 31.6 Å². The number of guanidine groups is 1. The summed E-state index contributed by atoms with van der Waals surface area (Å²) < 4.78 is 0. The molecule has 0 bridgehead atoms. The molecule has 0 radical (unpaired) electrons. The first-order valence-electron chi connectivity index (χ1n) is 18.3. The first kappa shape index (κ1) is 52.4. The van der Waals surface area contributed by atoms with Crippen molar-refractivity contribution in [1.82, 2.24) is 37.2 Å². The number of primary amides is 4. The number of carboxylic acids is 1. The van der Waals surface area contributed by atoms with Crippen LogP contribution in [0.5, 0.6) is 0 Å². The average molecular weight is 844 g/mol. The van der Waals surface area contributed by atoms with Crippen LogP contribution in [0.4, 0.5) is 0 Å². The molecule has 0 heterocycles. The van der Waals surface area contributed by atoms with E-state index < -0.39 is 164 Å². The molecule has 0 unspecified atom stereocenters.